The van der Waals surface area contributed by atoms with Crippen molar-refractivity contribution in [2.24, 2.45) is 0 Å². The van der Waals surface area contributed by atoms with E-state index < -0.39 is 10.8 Å². The molecule has 1 N–H and O–H groups in total. The maximum absolute atomic E-state index is 11.0. The van der Waals surface area contributed by atoms with Crippen LogP contribution in [-0.2, 0) is 17.3 Å². The molecular weight excluding hydrogens is 246 g/mol. The van der Waals surface area contributed by atoms with Gasteiger partial charge < -0.3 is 5.32 Å². The summed E-state index contributed by atoms with van der Waals surface area (Å²) >= 11 is 0. The Kier molecular flexibility index (Phi) is 6.02. The Morgan fingerprint density at radius 1 is 1.44 bits per heavy atom. The Hall–Kier alpha value is -0.680. The van der Waals surface area contributed by atoms with Gasteiger partial charge in [0.15, 0.2) is 0 Å². The standard InChI is InChI=1S/C13H25N3OS/c1-6-16-12(4)13(11(3)15-16)10(2)14-8-7-9-18(5)17/h10,14H,6-9H2,1-5H3. The van der Waals surface area contributed by atoms with Crippen LogP contribution < -0.4 is 5.32 Å². The van der Waals surface area contributed by atoms with Crippen LogP contribution in [0, 0.1) is 13.8 Å². The lowest BCUT2D eigenvalue weighted by Crippen LogP contribution is -2.22. The maximum atomic E-state index is 11.0. The van der Waals surface area contributed by atoms with Crippen molar-refractivity contribution in [3.63, 3.8) is 0 Å². The van der Waals surface area contributed by atoms with Crippen LogP contribution in [0.25, 0.3) is 0 Å². The molecule has 1 aromatic rings. The predicted molar refractivity (Wildman–Crippen MR) is 77.3 cm³/mol. The SMILES string of the molecule is CCn1nc(C)c(C(C)NCCCS(C)=O)c1C. The van der Waals surface area contributed by atoms with Crippen molar-refractivity contribution < 1.29 is 4.21 Å². The summed E-state index contributed by atoms with van der Waals surface area (Å²) in [6.45, 7) is 10.3. The molecule has 1 aromatic heterocycles. The molecule has 0 aliphatic rings. The van der Waals surface area contributed by atoms with Gasteiger partial charge in [0, 0.05) is 46.7 Å². The quantitative estimate of drug-likeness (QED) is 0.771. The van der Waals surface area contributed by atoms with Gasteiger partial charge in [-0.25, -0.2) is 0 Å². The van der Waals surface area contributed by atoms with E-state index in [0.717, 1.165) is 31.0 Å². The van der Waals surface area contributed by atoms with E-state index in [1.807, 2.05) is 4.68 Å². The zero-order chi connectivity index (χ0) is 13.7. The molecule has 5 heteroatoms. The fourth-order valence-electron chi connectivity index (χ4n) is 2.34. The summed E-state index contributed by atoms with van der Waals surface area (Å²) < 4.78 is 13.0. The highest BCUT2D eigenvalue weighted by Gasteiger charge is 2.16. The molecule has 2 unspecified atom stereocenters. The van der Waals surface area contributed by atoms with E-state index in [1.54, 1.807) is 6.26 Å². The Morgan fingerprint density at radius 2 is 2.11 bits per heavy atom. The first-order valence-corrected chi connectivity index (χ1v) is 8.27. The smallest absolute Gasteiger partial charge is 0.0644 e. The van der Waals surface area contributed by atoms with Crippen molar-refractivity contribution in [1.29, 1.82) is 0 Å². The Labute approximate surface area is 113 Å². The lowest BCUT2D eigenvalue weighted by molar-refractivity contribution is 0.563. The average Bonchev–Trinajstić information content (AvgIpc) is 2.59. The van der Waals surface area contributed by atoms with Gasteiger partial charge in [-0.15, -0.1) is 0 Å². The summed E-state index contributed by atoms with van der Waals surface area (Å²) in [6.07, 6.45) is 2.70. The molecule has 0 saturated carbocycles. The molecule has 0 aromatic carbocycles. The molecule has 104 valence electrons. The summed E-state index contributed by atoms with van der Waals surface area (Å²) in [5.74, 6) is 0.770. The second kappa shape index (κ2) is 7.04. The number of hydrogen-bond donors (Lipinski definition) is 1. The topological polar surface area (TPSA) is 46.9 Å². The summed E-state index contributed by atoms with van der Waals surface area (Å²) in [5, 5.41) is 8.02. The third kappa shape index (κ3) is 3.92. The van der Waals surface area contributed by atoms with Crippen LogP contribution in [-0.4, -0.2) is 32.5 Å². The third-order valence-corrected chi connectivity index (χ3v) is 4.09. The average molecular weight is 271 g/mol. The molecule has 2 atom stereocenters. The molecule has 18 heavy (non-hydrogen) atoms. The van der Waals surface area contributed by atoms with Gasteiger partial charge in [0.2, 0.25) is 0 Å². The van der Waals surface area contributed by atoms with Gasteiger partial charge in [-0.2, -0.15) is 5.10 Å². The molecule has 0 spiro atoms. The molecule has 4 nitrogen and oxygen atoms in total. The predicted octanol–water partition coefficient (Wildman–Crippen LogP) is 1.94. The number of nitrogens with one attached hydrogen (secondary N) is 1. The molecule has 0 radical (unpaired) electrons. The summed E-state index contributed by atoms with van der Waals surface area (Å²) in [4.78, 5) is 0. The van der Waals surface area contributed by atoms with Crippen molar-refractivity contribution in [2.45, 2.75) is 46.7 Å². The van der Waals surface area contributed by atoms with Crippen LogP contribution in [0.1, 0.15) is 43.3 Å². The summed E-state index contributed by atoms with van der Waals surface area (Å²) in [5.41, 5.74) is 3.65. The third-order valence-electron chi connectivity index (χ3n) is 3.23. The highest BCUT2D eigenvalue weighted by molar-refractivity contribution is 7.84. The van der Waals surface area contributed by atoms with E-state index in [4.69, 9.17) is 0 Å². The normalized spacial score (nSPS) is 14.7. The van der Waals surface area contributed by atoms with Crippen LogP contribution in [0.2, 0.25) is 0 Å². The summed E-state index contributed by atoms with van der Waals surface area (Å²) in [7, 11) is -0.687. The van der Waals surface area contributed by atoms with Gasteiger partial charge in [0.1, 0.15) is 0 Å². The molecule has 1 rings (SSSR count). The van der Waals surface area contributed by atoms with E-state index >= 15 is 0 Å². The fraction of sp³-hybridized carbons (Fsp3) is 0.769. The zero-order valence-electron chi connectivity index (χ0n) is 12.1. The van der Waals surface area contributed by atoms with Gasteiger partial charge in [-0.05, 0) is 40.7 Å². The second-order valence-electron chi connectivity index (χ2n) is 4.71. The van der Waals surface area contributed by atoms with Crippen molar-refractivity contribution in [3.05, 3.63) is 17.0 Å². The van der Waals surface area contributed by atoms with E-state index in [-0.39, 0.29) is 0 Å². The van der Waals surface area contributed by atoms with Gasteiger partial charge >= 0.3 is 0 Å². The van der Waals surface area contributed by atoms with Crippen molar-refractivity contribution in [1.82, 2.24) is 15.1 Å². The molecule has 0 saturated heterocycles. The van der Waals surface area contributed by atoms with Gasteiger partial charge in [-0.3, -0.25) is 8.89 Å². The first kappa shape index (κ1) is 15.4. The van der Waals surface area contributed by atoms with Gasteiger partial charge in [0.25, 0.3) is 0 Å². The molecule has 0 fully saturated rings. The molecule has 1 heterocycles. The van der Waals surface area contributed by atoms with Gasteiger partial charge in [0.05, 0.1) is 5.69 Å². The van der Waals surface area contributed by atoms with Crippen LogP contribution in [0.15, 0.2) is 0 Å². The van der Waals surface area contributed by atoms with E-state index in [0.29, 0.717) is 6.04 Å². The number of hydrogen-bond acceptors (Lipinski definition) is 3. The minimum Gasteiger partial charge on any atom is -0.310 e. The minimum absolute atomic E-state index is 0.301. The van der Waals surface area contributed by atoms with Crippen LogP contribution in [0.3, 0.4) is 0 Å². The lowest BCUT2D eigenvalue weighted by atomic mass is 10.1. The van der Waals surface area contributed by atoms with Crippen LogP contribution in [0.4, 0.5) is 0 Å². The van der Waals surface area contributed by atoms with Crippen molar-refractivity contribution in [3.8, 4) is 0 Å². The summed E-state index contributed by atoms with van der Waals surface area (Å²) in [6, 6.07) is 0.301. The molecular formula is C13H25N3OS. The molecule has 0 aliphatic heterocycles. The number of aryl methyl sites for hydroxylation is 2. The Balaban J connectivity index is 2.58. The fourth-order valence-corrected chi connectivity index (χ4v) is 2.89. The van der Waals surface area contributed by atoms with E-state index in [2.05, 4.69) is 38.1 Å². The van der Waals surface area contributed by atoms with Crippen molar-refractivity contribution in [2.75, 3.05) is 18.6 Å². The molecule has 0 amide bonds. The Bertz CT molecular complexity index is 415. The first-order chi connectivity index (χ1) is 8.47. The molecule has 0 bridgehead atoms. The second-order valence-corrected chi connectivity index (χ2v) is 6.26. The largest absolute Gasteiger partial charge is 0.310 e. The maximum Gasteiger partial charge on any atom is 0.0644 e. The Morgan fingerprint density at radius 3 is 2.61 bits per heavy atom. The zero-order valence-corrected chi connectivity index (χ0v) is 12.9. The number of aromatic nitrogens is 2. The highest BCUT2D eigenvalue weighted by atomic mass is 32.2. The van der Waals surface area contributed by atoms with E-state index in [9.17, 15) is 4.21 Å². The number of rotatable bonds is 7. The first-order valence-electron chi connectivity index (χ1n) is 6.54. The van der Waals surface area contributed by atoms with E-state index in [1.165, 1.54) is 11.3 Å². The highest BCUT2D eigenvalue weighted by Crippen LogP contribution is 2.21. The lowest BCUT2D eigenvalue weighted by Gasteiger charge is -2.14. The van der Waals surface area contributed by atoms with Crippen molar-refractivity contribution >= 4 is 10.8 Å². The minimum atomic E-state index is -0.687. The van der Waals surface area contributed by atoms with Gasteiger partial charge in [-0.1, -0.05) is 0 Å². The van der Waals surface area contributed by atoms with Crippen LogP contribution >= 0.6 is 0 Å². The number of nitrogens with zero attached hydrogens (tertiary/aromatic N) is 2. The molecule has 0 aliphatic carbocycles. The monoisotopic (exact) mass is 271 g/mol. The van der Waals surface area contributed by atoms with Crippen LogP contribution in [0.5, 0.6) is 0 Å².